The minimum atomic E-state index is 0. The van der Waals surface area contributed by atoms with Crippen LogP contribution >= 0.6 is 28.6 Å². The highest BCUT2D eigenvalue weighted by Crippen LogP contribution is 2.20. The lowest BCUT2D eigenvalue weighted by Gasteiger charge is -1.96. The predicted octanol–water partition coefficient (Wildman–Crippen LogP) is 1.50. The lowest BCUT2D eigenvalue weighted by molar-refractivity contribution is 0.824. The Kier molecular flexibility index (Phi) is 3.78. The highest BCUT2D eigenvalue weighted by Gasteiger charge is 1.91. The fourth-order valence-corrected chi connectivity index (χ4v) is 1.27. The van der Waals surface area contributed by atoms with Gasteiger partial charge in [-0.05, 0) is 18.2 Å². The first-order chi connectivity index (χ1) is 4.20. The molecule has 0 fully saturated rings. The van der Waals surface area contributed by atoms with E-state index in [4.69, 9.17) is 5.73 Å². The van der Waals surface area contributed by atoms with Crippen molar-refractivity contribution in [2.45, 2.75) is 4.90 Å². The zero-order chi connectivity index (χ0) is 6.85. The Morgan fingerprint density at radius 2 is 2.00 bits per heavy atom. The van der Waals surface area contributed by atoms with Crippen LogP contribution in [0, 0.1) is 0 Å². The summed E-state index contributed by atoms with van der Waals surface area (Å²) in [6, 6.07) is 5.56. The molecule has 1 aromatic carbocycles. The van der Waals surface area contributed by atoms with Crippen molar-refractivity contribution in [3.05, 3.63) is 22.7 Å². The van der Waals surface area contributed by atoms with Gasteiger partial charge in [-0.1, -0.05) is 15.9 Å². The second-order valence-corrected chi connectivity index (χ2v) is 3.10. The predicted molar refractivity (Wildman–Crippen MR) is 49.4 cm³/mol. The van der Waals surface area contributed by atoms with Crippen LogP contribution in [0.4, 0.5) is 5.69 Å². The molecule has 0 saturated carbocycles. The maximum atomic E-state index is 5.49. The molecule has 0 aliphatic carbocycles. The topological polar surface area (TPSA) is 57.5 Å². The third kappa shape index (κ3) is 2.21. The minimum absolute atomic E-state index is 0. The summed E-state index contributed by atoms with van der Waals surface area (Å²) in [5, 5.41) is 0. The zero-order valence-electron chi connectivity index (χ0n) is 5.13. The average Bonchev–Trinajstić information content (AvgIpc) is 1.80. The molecular formula is C6H8BrNOS. The van der Waals surface area contributed by atoms with Gasteiger partial charge in [0.2, 0.25) is 0 Å². The quantitative estimate of drug-likeness (QED) is 0.507. The summed E-state index contributed by atoms with van der Waals surface area (Å²) in [6.07, 6.45) is 0. The number of anilines is 1. The molecule has 0 amide bonds. The smallest absolute Gasteiger partial charge is 0.0450 e. The second-order valence-electron chi connectivity index (χ2n) is 1.70. The summed E-state index contributed by atoms with van der Waals surface area (Å²) in [7, 11) is 0. The second kappa shape index (κ2) is 3.85. The number of nitrogen functional groups attached to an aromatic ring is 1. The normalized spacial score (nSPS) is 8.60. The lowest BCUT2D eigenvalue weighted by atomic mass is 10.3. The van der Waals surface area contributed by atoms with Crippen LogP contribution in [0.1, 0.15) is 0 Å². The molecule has 0 spiro atoms. The number of hydrogen-bond acceptors (Lipinski definition) is 2. The van der Waals surface area contributed by atoms with Crippen LogP contribution in [-0.2, 0) is 0 Å². The molecule has 10 heavy (non-hydrogen) atoms. The Labute approximate surface area is 73.3 Å². The van der Waals surface area contributed by atoms with Gasteiger partial charge in [0.1, 0.15) is 0 Å². The minimum Gasteiger partial charge on any atom is -0.412 e. The molecule has 0 aromatic heterocycles. The molecule has 0 saturated heterocycles. The summed E-state index contributed by atoms with van der Waals surface area (Å²) in [4.78, 5) is 0.810. The molecule has 0 heterocycles. The summed E-state index contributed by atoms with van der Waals surface area (Å²) in [5.74, 6) is 0. The Hall–Kier alpha value is -0.190. The molecule has 0 radical (unpaired) electrons. The Morgan fingerprint density at radius 3 is 2.40 bits per heavy atom. The number of halogens is 1. The number of benzene rings is 1. The molecular weight excluding hydrogens is 214 g/mol. The number of rotatable bonds is 0. The zero-order valence-corrected chi connectivity index (χ0v) is 7.62. The van der Waals surface area contributed by atoms with Crippen LogP contribution in [0.25, 0.3) is 0 Å². The van der Waals surface area contributed by atoms with Gasteiger partial charge in [-0.25, -0.2) is 0 Å². The van der Waals surface area contributed by atoms with Crippen molar-refractivity contribution in [1.82, 2.24) is 0 Å². The van der Waals surface area contributed by atoms with Crippen molar-refractivity contribution >= 4 is 34.2 Å². The van der Waals surface area contributed by atoms with Gasteiger partial charge < -0.3 is 11.2 Å². The molecule has 4 N–H and O–H groups in total. The molecule has 0 atom stereocenters. The monoisotopic (exact) mass is 221 g/mol. The van der Waals surface area contributed by atoms with Crippen LogP contribution in [0.2, 0.25) is 0 Å². The molecule has 1 rings (SSSR count). The Balaban J connectivity index is 0.000000810. The Morgan fingerprint density at radius 1 is 1.40 bits per heavy atom. The van der Waals surface area contributed by atoms with Crippen LogP contribution < -0.4 is 5.73 Å². The largest absolute Gasteiger partial charge is 0.412 e. The van der Waals surface area contributed by atoms with Crippen LogP contribution in [0.15, 0.2) is 27.6 Å². The van der Waals surface area contributed by atoms with Crippen molar-refractivity contribution in [3.8, 4) is 0 Å². The molecule has 4 heteroatoms. The molecule has 0 bridgehead atoms. The van der Waals surface area contributed by atoms with E-state index < -0.39 is 0 Å². The number of thiol groups is 1. The fourth-order valence-electron chi connectivity index (χ4n) is 0.517. The third-order valence-electron chi connectivity index (χ3n) is 0.992. The molecule has 0 aliphatic rings. The van der Waals surface area contributed by atoms with E-state index in [2.05, 4.69) is 28.6 Å². The summed E-state index contributed by atoms with van der Waals surface area (Å²) in [5.41, 5.74) is 6.20. The first kappa shape index (κ1) is 9.81. The fraction of sp³-hybridized carbons (Fsp3) is 0. The first-order valence-electron chi connectivity index (χ1n) is 2.44. The standard InChI is InChI=1S/C6H6BrNS.H2O/c7-4-1-2-5(8)6(9)3-4;/h1-3,9H,8H2;1H2. The summed E-state index contributed by atoms with van der Waals surface area (Å²) >= 11 is 7.40. The first-order valence-corrected chi connectivity index (χ1v) is 3.68. The van der Waals surface area contributed by atoms with Crippen LogP contribution in [0.5, 0.6) is 0 Å². The highest BCUT2D eigenvalue weighted by molar-refractivity contribution is 9.10. The van der Waals surface area contributed by atoms with Crippen LogP contribution in [-0.4, -0.2) is 5.48 Å². The van der Waals surface area contributed by atoms with Gasteiger partial charge in [0.15, 0.2) is 0 Å². The molecule has 0 unspecified atom stereocenters. The highest BCUT2D eigenvalue weighted by atomic mass is 79.9. The van der Waals surface area contributed by atoms with Gasteiger partial charge in [0.25, 0.3) is 0 Å². The van der Waals surface area contributed by atoms with E-state index in [1.165, 1.54) is 0 Å². The van der Waals surface area contributed by atoms with Gasteiger partial charge in [-0.3, -0.25) is 0 Å². The van der Waals surface area contributed by atoms with Gasteiger partial charge in [0, 0.05) is 15.1 Å². The molecule has 1 aromatic rings. The van der Waals surface area contributed by atoms with Gasteiger partial charge in [-0.2, -0.15) is 0 Å². The average molecular weight is 222 g/mol. The van der Waals surface area contributed by atoms with E-state index in [0.717, 1.165) is 9.37 Å². The van der Waals surface area contributed by atoms with Crippen molar-refractivity contribution < 1.29 is 5.48 Å². The maximum absolute atomic E-state index is 5.49. The van der Waals surface area contributed by atoms with Gasteiger partial charge in [0.05, 0.1) is 0 Å². The molecule has 2 nitrogen and oxygen atoms in total. The Bertz CT molecular complexity index is 229. The maximum Gasteiger partial charge on any atom is 0.0450 e. The van der Waals surface area contributed by atoms with E-state index in [1.807, 2.05) is 18.2 Å². The number of nitrogens with two attached hydrogens (primary N) is 1. The van der Waals surface area contributed by atoms with E-state index in [-0.39, 0.29) is 5.48 Å². The lowest BCUT2D eigenvalue weighted by Crippen LogP contribution is -1.84. The third-order valence-corrected chi connectivity index (χ3v) is 1.87. The van der Waals surface area contributed by atoms with E-state index in [1.54, 1.807) is 0 Å². The molecule has 56 valence electrons. The van der Waals surface area contributed by atoms with E-state index >= 15 is 0 Å². The number of hydrogen-bond donors (Lipinski definition) is 2. The van der Waals surface area contributed by atoms with Crippen molar-refractivity contribution in [1.29, 1.82) is 0 Å². The van der Waals surface area contributed by atoms with Crippen molar-refractivity contribution in [2.75, 3.05) is 5.73 Å². The summed E-state index contributed by atoms with van der Waals surface area (Å²) < 4.78 is 1.00. The van der Waals surface area contributed by atoms with Crippen molar-refractivity contribution in [2.24, 2.45) is 0 Å². The van der Waals surface area contributed by atoms with Crippen LogP contribution in [0.3, 0.4) is 0 Å². The molecule has 0 aliphatic heterocycles. The van der Waals surface area contributed by atoms with E-state index in [0.29, 0.717) is 5.69 Å². The summed E-state index contributed by atoms with van der Waals surface area (Å²) in [6.45, 7) is 0. The van der Waals surface area contributed by atoms with Gasteiger partial charge >= 0.3 is 0 Å². The van der Waals surface area contributed by atoms with E-state index in [9.17, 15) is 0 Å². The SMILES string of the molecule is Nc1ccc(Br)cc1S.O. The van der Waals surface area contributed by atoms with Gasteiger partial charge in [-0.15, -0.1) is 12.6 Å². The van der Waals surface area contributed by atoms with Crippen molar-refractivity contribution in [3.63, 3.8) is 0 Å².